The summed E-state index contributed by atoms with van der Waals surface area (Å²) in [5.74, 6) is 1.33. The minimum absolute atomic E-state index is 0.307. The number of alkyl carbamates (subject to hydrolysis) is 1. The lowest BCUT2D eigenvalue weighted by Gasteiger charge is -2.17. The molecule has 2 aromatic rings. The van der Waals surface area contributed by atoms with E-state index in [1.807, 2.05) is 0 Å². The average Bonchev–Trinajstić information content (AvgIpc) is 3.49. The Bertz CT molecular complexity index is 991. The van der Waals surface area contributed by atoms with Crippen LogP contribution in [0.1, 0.15) is 24.8 Å². The molecule has 0 radical (unpaired) electrons. The van der Waals surface area contributed by atoms with Gasteiger partial charge in [0.15, 0.2) is 0 Å². The van der Waals surface area contributed by atoms with Crippen LogP contribution in [-0.2, 0) is 4.74 Å². The maximum absolute atomic E-state index is 12.1. The second-order valence-corrected chi connectivity index (χ2v) is 7.66. The number of rotatable bonds is 8. The van der Waals surface area contributed by atoms with Crippen molar-refractivity contribution in [2.45, 2.75) is 19.3 Å². The summed E-state index contributed by atoms with van der Waals surface area (Å²) in [6.45, 7) is 1.17. The summed E-state index contributed by atoms with van der Waals surface area (Å²) in [5.41, 5.74) is 0.601. The van der Waals surface area contributed by atoms with Crippen molar-refractivity contribution in [3.8, 4) is 5.69 Å². The molecule has 4 rings (SSSR count). The highest BCUT2D eigenvalue weighted by molar-refractivity contribution is 5.90. The van der Waals surface area contributed by atoms with Gasteiger partial charge in [-0.25, -0.2) is 9.59 Å². The zero-order chi connectivity index (χ0) is 20.9. The number of nitrogens with zero attached hydrogens (tertiary/aromatic N) is 2. The Balaban J connectivity index is 1.15. The number of nitrogens with one attached hydrogen (secondary N) is 2. The fourth-order valence-electron chi connectivity index (χ4n) is 4.01. The predicted octanol–water partition coefficient (Wildman–Crippen LogP) is 0.680. The fraction of sp³-hybridized carbons (Fsp3) is 0.429. The summed E-state index contributed by atoms with van der Waals surface area (Å²) in [6, 6.07) is 6.61. The van der Waals surface area contributed by atoms with E-state index >= 15 is 0 Å². The molecule has 2 bridgehead atoms. The van der Waals surface area contributed by atoms with Gasteiger partial charge in [0.2, 0.25) is 5.69 Å². The molecular formula is C21H24N4O5. The monoisotopic (exact) mass is 412 g/mol. The van der Waals surface area contributed by atoms with E-state index in [1.54, 1.807) is 24.3 Å². The Morgan fingerprint density at radius 2 is 2.13 bits per heavy atom. The number of amides is 1. The van der Waals surface area contributed by atoms with Gasteiger partial charge in [-0.05, 0) is 64.6 Å². The molecule has 3 unspecified atom stereocenters. The Morgan fingerprint density at radius 3 is 2.80 bits per heavy atom. The molecule has 1 saturated carbocycles. The van der Waals surface area contributed by atoms with E-state index in [1.165, 1.54) is 17.3 Å². The molecule has 3 atom stereocenters. The number of aromatic amines is 1. The number of hydrogen-bond donors (Lipinski definition) is 2. The van der Waals surface area contributed by atoms with E-state index in [2.05, 4.69) is 32.3 Å². The highest BCUT2D eigenvalue weighted by Gasteiger charge is 2.36. The van der Waals surface area contributed by atoms with Gasteiger partial charge in [-0.1, -0.05) is 12.2 Å². The van der Waals surface area contributed by atoms with Crippen LogP contribution >= 0.6 is 0 Å². The molecule has 1 aromatic carbocycles. The topological polar surface area (TPSA) is 124 Å². The third-order valence-corrected chi connectivity index (χ3v) is 5.58. The Kier molecular flexibility index (Phi) is 5.97. The minimum Gasteiger partial charge on any atom is -0.858 e. The number of fused-ring (bicyclic) bond motifs is 2. The first-order chi connectivity index (χ1) is 14.6. The first-order valence-corrected chi connectivity index (χ1v) is 10.1. The van der Waals surface area contributed by atoms with E-state index in [9.17, 15) is 14.7 Å². The molecule has 2 N–H and O–H groups in total. The number of aromatic nitrogens is 2. The van der Waals surface area contributed by atoms with Crippen LogP contribution in [0, 0.1) is 17.8 Å². The summed E-state index contributed by atoms with van der Waals surface area (Å²) in [6.07, 6.45) is 8.18. The first-order valence-electron chi connectivity index (χ1n) is 10.1. The van der Waals surface area contributed by atoms with E-state index in [-0.39, 0.29) is 5.90 Å². The molecule has 30 heavy (non-hydrogen) atoms. The Labute approximate surface area is 173 Å². The number of benzene rings is 1. The van der Waals surface area contributed by atoms with E-state index < -0.39 is 11.7 Å². The van der Waals surface area contributed by atoms with Gasteiger partial charge in [0.1, 0.15) is 0 Å². The number of carbonyl (C=O) groups is 1. The van der Waals surface area contributed by atoms with Gasteiger partial charge in [-0.2, -0.15) is 0 Å². The van der Waals surface area contributed by atoms with Crippen molar-refractivity contribution in [1.82, 2.24) is 10.6 Å². The van der Waals surface area contributed by atoms with Crippen molar-refractivity contribution in [3.63, 3.8) is 0 Å². The summed E-state index contributed by atoms with van der Waals surface area (Å²) in [5, 5.41) is 17.3. The fourth-order valence-corrected chi connectivity index (χ4v) is 4.01. The zero-order valence-corrected chi connectivity index (χ0v) is 16.5. The van der Waals surface area contributed by atoms with Crippen molar-refractivity contribution in [2.75, 3.05) is 19.7 Å². The van der Waals surface area contributed by atoms with E-state index in [0.29, 0.717) is 55.1 Å². The Morgan fingerprint density at radius 1 is 1.30 bits per heavy atom. The van der Waals surface area contributed by atoms with E-state index in [0.717, 1.165) is 6.42 Å². The lowest BCUT2D eigenvalue weighted by Crippen LogP contribution is -2.32. The number of aliphatic imine (C=N–C) groups is 1. The number of H-pyrrole nitrogens is 1. The van der Waals surface area contributed by atoms with Crippen molar-refractivity contribution in [3.05, 3.63) is 58.6 Å². The van der Waals surface area contributed by atoms with Gasteiger partial charge in [-0.3, -0.25) is 4.52 Å². The smallest absolute Gasteiger partial charge is 0.427 e. The van der Waals surface area contributed by atoms with Crippen LogP contribution in [0.25, 0.3) is 5.69 Å². The molecule has 9 nitrogen and oxygen atoms in total. The van der Waals surface area contributed by atoms with E-state index in [4.69, 9.17) is 4.74 Å². The second-order valence-electron chi connectivity index (χ2n) is 7.66. The summed E-state index contributed by atoms with van der Waals surface area (Å²) in [4.78, 5) is 26.9. The molecule has 1 aromatic heterocycles. The molecule has 0 spiro atoms. The maximum atomic E-state index is 12.1. The highest BCUT2D eigenvalue weighted by atomic mass is 16.5. The predicted molar refractivity (Wildman–Crippen MR) is 105 cm³/mol. The highest BCUT2D eigenvalue weighted by Crippen LogP contribution is 2.43. The molecule has 0 aliphatic heterocycles. The van der Waals surface area contributed by atoms with Crippen molar-refractivity contribution >= 4 is 12.0 Å². The van der Waals surface area contributed by atoms with Crippen LogP contribution in [0.4, 0.5) is 4.79 Å². The number of carbonyl (C=O) groups excluding carboxylic acids is 1. The molecule has 1 fully saturated rings. The zero-order valence-electron chi connectivity index (χ0n) is 16.5. The van der Waals surface area contributed by atoms with Gasteiger partial charge < -0.3 is 20.2 Å². The second kappa shape index (κ2) is 8.98. The third-order valence-electron chi connectivity index (χ3n) is 5.58. The number of hydrogen-bond acceptors (Lipinski definition) is 6. The molecule has 2 aliphatic carbocycles. The standard InChI is InChI=1S/C21H24N4O5/c26-19-12-25(24-30-19)18-6-4-15(5-7-18)20(27)22-8-1-9-23-21(28)29-13-17-11-14-2-3-16(17)10-14/h2-7,12,14,16-17H,1,8-11,13H2,(H2-,22,23,24,26,27,28). The molecule has 1 amide bonds. The minimum atomic E-state index is -0.495. The molecule has 158 valence electrons. The largest absolute Gasteiger partial charge is 0.858 e. The summed E-state index contributed by atoms with van der Waals surface area (Å²) >= 11 is 0. The normalized spacial score (nSPS) is 22.4. The van der Waals surface area contributed by atoms with Crippen LogP contribution in [0.5, 0.6) is 0 Å². The molecule has 1 heterocycles. The number of allylic oxidation sites excluding steroid dienone is 2. The maximum Gasteiger partial charge on any atom is 0.427 e. The van der Waals surface area contributed by atoms with Crippen LogP contribution in [0.3, 0.4) is 0 Å². The molecule has 9 heteroatoms. The van der Waals surface area contributed by atoms with Crippen molar-refractivity contribution in [2.24, 2.45) is 22.7 Å². The molecule has 0 saturated heterocycles. The number of ether oxygens (including phenoxy) is 1. The van der Waals surface area contributed by atoms with Crippen LogP contribution in [-0.4, -0.2) is 37.0 Å². The van der Waals surface area contributed by atoms with Gasteiger partial charge in [0.25, 0.3) is 6.20 Å². The average molecular weight is 412 g/mol. The Hall–Kier alpha value is -3.36. The SMILES string of the molecule is O=C(NCCCN=C([O-])c1ccc(-[n+]2cc(=O)o[nH]2)cc1)OCC1CC2C=CC1C2. The summed E-state index contributed by atoms with van der Waals surface area (Å²) < 4.78 is 11.3. The lowest BCUT2D eigenvalue weighted by atomic mass is 9.95. The van der Waals surface area contributed by atoms with Gasteiger partial charge in [0.05, 0.1) is 6.61 Å². The van der Waals surface area contributed by atoms with Crippen LogP contribution < -0.4 is 20.7 Å². The van der Waals surface area contributed by atoms with Crippen molar-refractivity contribution in [1.29, 1.82) is 0 Å². The van der Waals surface area contributed by atoms with Crippen LogP contribution in [0.2, 0.25) is 0 Å². The van der Waals surface area contributed by atoms with Crippen molar-refractivity contribution < 1.29 is 23.8 Å². The van der Waals surface area contributed by atoms with Gasteiger partial charge in [0, 0.05) is 31.1 Å². The quantitative estimate of drug-likeness (QED) is 0.217. The molecule has 2 aliphatic rings. The van der Waals surface area contributed by atoms with Gasteiger partial charge >= 0.3 is 11.7 Å². The first kappa shape index (κ1) is 19.9. The third kappa shape index (κ3) is 4.79. The lowest BCUT2D eigenvalue weighted by molar-refractivity contribution is -0.670. The molecular weight excluding hydrogens is 388 g/mol. The summed E-state index contributed by atoms with van der Waals surface area (Å²) in [7, 11) is 0. The van der Waals surface area contributed by atoms with Gasteiger partial charge in [-0.15, -0.1) is 0 Å². The van der Waals surface area contributed by atoms with Crippen LogP contribution in [0.15, 0.2) is 56.9 Å².